The molecule has 0 aliphatic rings. The molecule has 2 heterocycles. The molecule has 0 saturated heterocycles. The van der Waals surface area contributed by atoms with Crippen LogP contribution in [0.2, 0.25) is 0 Å². The van der Waals surface area contributed by atoms with Crippen LogP contribution >= 0.6 is 0 Å². The van der Waals surface area contributed by atoms with Gasteiger partial charge in [0.15, 0.2) is 21.5 Å². The van der Waals surface area contributed by atoms with Crippen LogP contribution in [-0.2, 0) is 9.84 Å². The average molecular weight is 501 g/mol. The summed E-state index contributed by atoms with van der Waals surface area (Å²) in [6, 6.07) is 3.65. The first-order chi connectivity index (χ1) is 16.0. The summed E-state index contributed by atoms with van der Waals surface area (Å²) in [5.74, 6) is -5.49. The highest BCUT2D eigenvalue weighted by Gasteiger charge is 2.38. The van der Waals surface area contributed by atoms with Gasteiger partial charge in [-0.05, 0) is 48.4 Å². The van der Waals surface area contributed by atoms with Gasteiger partial charge in [-0.25, -0.2) is 30.4 Å². The summed E-state index contributed by atoms with van der Waals surface area (Å²) in [7, 11) is -4.81. The van der Waals surface area contributed by atoms with E-state index in [4.69, 9.17) is 5.11 Å². The lowest BCUT2D eigenvalue weighted by Gasteiger charge is -2.22. The molecule has 180 valence electrons. The Balaban J connectivity index is 2.27. The molecule has 3 aromatic rings. The topological polar surface area (TPSA) is 109 Å². The van der Waals surface area contributed by atoms with E-state index in [1.54, 1.807) is 0 Å². The van der Waals surface area contributed by atoms with Crippen molar-refractivity contribution in [3.63, 3.8) is 0 Å². The SMILES string of the molecule is Cc1cc(C(=O)NCO)ncc1C(c1c(F)ccc(F)c1F)S(=O)(=O)c1ccc(C(F)F)nc1. The first-order valence-electron chi connectivity index (χ1n) is 9.46. The number of aliphatic hydroxyl groups is 1. The van der Waals surface area contributed by atoms with Crippen LogP contribution in [-0.4, -0.2) is 36.1 Å². The molecule has 13 heteroatoms. The van der Waals surface area contributed by atoms with Crippen LogP contribution in [0.5, 0.6) is 0 Å². The number of halogens is 5. The Morgan fingerprint density at radius 3 is 2.29 bits per heavy atom. The highest BCUT2D eigenvalue weighted by Crippen LogP contribution is 2.39. The van der Waals surface area contributed by atoms with Gasteiger partial charge >= 0.3 is 0 Å². The van der Waals surface area contributed by atoms with E-state index in [9.17, 15) is 35.2 Å². The number of pyridine rings is 2. The van der Waals surface area contributed by atoms with Gasteiger partial charge < -0.3 is 10.4 Å². The van der Waals surface area contributed by atoms with Crippen LogP contribution in [0, 0.1) is 24.4 Å². The van der Waals surface area contributed by atoms with Crippen molar-refractivity contribution in [3.05, 3.63) is 88.3 Å². The molecule has 1 unspecified atom stereocenters. The average Bonchev–Trinajstić information content (AvgIpc) is 2.79. The summed E-state index contributed by atoms with van der Waals surface area (Å²) < 4.78 is 96.1. The molecule has 0 aliphatic heterocycles. The van der Waals surface area contributed by atoms with E-state index in [2.05, 4.69) is 15.3 Å². The summed E-state index contributed by atoms with van der Waals surface area (Å²) in [5, 5.41) is 8.68. The number of sulfone groups is 1. The van der Waals surface area contributed by atoms with Gasteiger partial charge in [0.25, 0.3) is 12.3 Å². The highest BCUT2D eigenvalue weighted by molar-refractivity contribution is 7.91. The van der Waals surface area contributed by atoms with Crippen LogP contribution in [0.15, 0.2) is 47.6 Å². The van der Waals surface area contributed by atoms with Gasteiger partial charge in [-0.3, -0.25) is 14.8 Å². The van der Waals surface area contributed by atoms with E-state index in [0.29, 0.717) is 18.3 Å². The molecule has 2 aromatic heterocycles. The number of rotatable bonds is 7. The third-order valence-electron chi connectivity index (χ3n) is 4.87. The lowest BCUT2D eigenvalue weighted by molar-refractivity contribution is 0.0905. The van der Waals surface area contributed by atoms with Gasteiger partial charge in [0.2, 0.25) is 0 Å². The number of nitrogens with zero attached hydrogens (tertiary/aromatic N) is 2. The molecule has 0 aliphatic carbocycles. The van der Waals surface area contributed by atoms with Crippen molar-refractivity contribution in [2.24, 2.45) is 0 Å². The predicted molar refractivity (Wildman–Crippen MR) is 108 cm³/mol. The quantitative estimate of drug-likeness (QED) is 0.292. The molecule has 1 aromatic carbocycles. The van der Waals surface area contributed by atoms with Crippen LogP contribution in [0.25, 0.3) is 0 Å². The van der Waals surface area contributed by atoms with E-state index in [-0.39, 0.29) is 16.8 Å². The van der Waals surface area contributed by atoms with Gasteiger partial charge in [0, 0.05) is 18.0 Å². The van der Waals surface area contributed by atoms with Gasteiger partial charge in [-0.2, -0.15) is 0 Å². The Morgan fingerprint density at radius 1 is 1.06 bits per heavy atom. The number of aryl methyl sites for hydroxylation is 1. The zero-order chi connectivity index (χ0) is 25.2. The molecule has 0 radical (unpaired) electrons. The molecule has 1 atom stereocenters. The van der Waals surface area contributed by atoms with E-state index in [0.717, 1.165) is 24.4 Å². The second kappa shape index (κ2) is 9.81. The Morgan fingerprint density at radius 2 is 1.74 bits per heavy atom. The van der Waals surface area contributed by atoms with Crippen molar-refractivity contribution in [2.75, 3.05) is 6.73 Å². The summed E-state index contributed by atoms with van der Waals surface area (Å²) in [5.41, 5.74) is -2.39. The van der Waals surface area contributed by atoms with E-state index in [1.165, 1.54) is 6.92 Å². The molecule has 3 rings (SSSR count). The Labute approximate surface area is 190 Å². The summed E-state index contributed by atoms with van der Waals surface area (Å²) in [6.07, 6.45) is -1.52. The number of carbonyl (C=O) groups excluding carboxylic acids is 1. The minimum Gasteiger partial charge on any atom is -0.376 e. The van der Waals surface area contributed by atoms with Crippen LogP contribution in [0.3, 0.4) is 0 Å². The van der Waals surface area contributed by atoms with Crippen molar-refractivity contribution >= 4 is 15.7 Å². The normalized spacial score (nSPS) is 12.6. The molecule has 0 bridgehead atoms. The lowest BCUT2D eigenvalue weighted by Crippen LogP contribution is -2.26. The smallest absolute Gasteiger partial charge is 0.280 e. The van der Waals surface area contributed by atoms with Gasteiger partial charge in [-0.1, -0.05) is 0 Å². The number of carbonyl (C=O) groups is 1. The molecule has 1 amide bonds. The molecular weight excluding hydrogens is 485 g/mol. The summed E-state index contributed by atoms with van der Waals surface area (Å²) in [6.45, 7) is 0.613. The van der Waals surface area contributed by atoms with Crippen LogP contribution < -0.4 is 5.32 Å². The maximum Gasteiger partial charge on any atom is 0.280 e. The molecule has 0 saturated carbocycles. The number of hydrogen-bond acceptors (Lipinski definition) is 6. The monoisotopic (exact) mass is 501 g/mol. The van der Waals surface area contributed by atoms with Crippen LogP contribution in [0.4, 0.5) is 22.0 Å². The molecule has 34 heavy (non-hydrogen) atoms. The van der Waals surface area contributed by atoms with Crippen molar-refractivity contribution in [1.82, 2.24) is 15.3 Å². The van der Waals surface area contributed by atoms with Crippen molar-refractivity contribution in [1.29, 1.82) is 0 Å². The highest BCUT2D eigenvalue weighted by atomic mass is 32.2. The second-order valence-electron chi connectivity index (χ2n) is 6.99. The minimum atomic E-state index is -4.81. The zero-order valence-electron chi connectivity index (χ0n) is 17.3. The zero-order valence-corrected chi connectivity index (χ0v) is 18.1. The number of nitrogens with one attached hydrogen (secondary N) is 1. The maximum atomic E-state index is 14.7. The molecule has 2 N–H and O–H groups in total. The number of hydrogen-bond donors (Lipinski definition) is 2. The maximum absolute atomic E-state index is 14.7. The fraction of sp³-hybridized carbons (Fsp3) is 0.190. The second-order valence-corrected chi connectivity index (χ2v) is 9.02. The van der Waals surface area contributed by atoms with Gasteiger partial charge in [-0.15, -0.1) is 0 Å². The molecule has 7 nitrogen and oxygen atoms in total. The van der Waals surface area contributed by atoms with Crippen molar-refractivity contribution in [3.8, 4) is 0 Å². The van der Waals surface area contributed by atoms with Gasteiger partial charge in [0.05, 0.1) is 4.90 Å². The third-order valence-corrected chi connectivity index (χ3v) is 6.88. The van der Waals surface area contributed by atoms with Gasteiger partial charge in [0.1, 0.15) is 29.2 Å². The summed E-state index contributed by atoms with van der Waals surface area (Å²) >= 11 is 0. The Bertz CT molecular complexity index is 1330. The fourth-order valence-corrected chi connectivity index (χ4v) is 5.05. The van der Waals surface area contributed by atoms with E-state index >= 15 is 0 Å². The lowest BCUT2D eigenvalue weighted by atomic mass is 10.00. The third kappa shape index (κ3) is 4.75. The largest absolute Gasteiger partial charge is 0.376 e. The minimum absolute atomic E-state index is 0.0342. The Hall–Kier alpha value is -3.45. The number of benzene rings is 1. The van der Waals surface area contributed by atoms with Crippen molar-refractivity contribution in [2.45, 2.75) is 23.5 Å². The number of aliphatic hydroxyl groups excluding tert-OH is 1. The molecular formula is C21H16F5N3O4S. The predicted octanol–water partition coefficient (Wildman–Crippen LogP) is 3.38. The Kier molecular flexibility index (Phi) is 7.26. The first kappa shape index (κ1) is 25.2. The molecule has 0 fully saturated rings. The fourth-order valence-electron chi connectivity index (χ4n) is 3.21. The number of alkyl halides is 2. The molecule has 0 spiro atoms. The number of amides is 1. The standard InChI is InChI=1S/C21H16F5N3O4S/c1-10-6-16(21(31)29-9-30)28-8-12(10)19(17-13(22)3-4-14(23)18(17)24)34(32,33)11-2-5-15(20(25)26)27-7-11/h2-8,19-20,30H,9H2,1H3,(H,29,31). The summed E-state index contributed by atoms with van der Waals surface area (Å²) in [4.78, 5) is 18.4. The first-order valence-corrected chi connectivity index (χ1v) is 11.0. The van der Waals surface area contributed by atoms with E-state index in [1.807, 2.05) is 0 Å². The van der Waals surface area contributed by atoms with Crippen molar-refractivity contribution < 1.29 is 40.3 Å². The van der Waals surface area contributed by atoms with Crippen LogP contribution in [0.1, 0.15) is 44.5 Å². The van der Waals surface area contributed by atoms with E-state index < -0.39 is 67.8 Å². The number of aromatic nitrogens is 2.